The van der Waals surface area contributed by atoms with Gasteiger partial charge in [0.05, 0.1) is 23.9 Å². The molecule has 2 rings (SSSR count). The predicted molar refractivity (Wildman–Crippen MR) is 82.0 cm³/mol. The van der Waals surface area contributed by atoms with Gasteiger partial charge in [-0.25, -0.2) is 4.39 Å². The molecule has 21 heavy (non-hydrogen) atoms. The summed E-state index contributed by atoms with van der Waals surface area (Å²) in [6.07, 6.45) is 0.135. The molecule has 0 amide bonds. The lowest BCUT2D eigenvalue weighted by molar-refractivity contribution is 0.00578. The third-order valence-corrected chi connectivity index (χ3v) is 4.15. The minimum Gasteiger partial charge on any atom is -0.399 e. The van der Waals surface area contributed by atoms with E-state index in [9.17, 15) is 4.39 Å². The summed E-state index contributed by atoms with van der Waals surface area (Å²) >= 11 is 0. The molecule has 1 heterocycles. The molecule has 1 aromatic rings. The van der Waals surface area contributed by atoms with Crippen LogP contribution in [0.2, 0.25) is 0 Å². The van der Waals surface area contributed by atoms with E-state index in [2.05, 4.69) is 0 Å². The van der Waals surface area contributed by atoms with Crippen molar-refractivity contribution in [2.24, 2.45) is 0 Å². The minimum absolute atomic E-state index is 0.135. The van der Waals surface area contributed by atoms with Crippen LogP contribution in [0.3, 0.4) is 0 Å². The summed E-state index contributed by atoms with van der Waals surface area (Å²) in [4.78, 5) is 0. The molecule has 1 saturated heterocycles. The fourth-order valence-electron chi connectivity index (χ4n) is 2.10. The number of hydrogen-bond acceptors (Lipinski definition) is 3. The van der Waals surface area contributed by atoms with E-state index in [4.69, 9.17) is 14.0 Å². The Morgan fingerprint density at radius 3 is 2.24 bits per heavy atom. The molecule has 0 atom stereocenters. The molecule has 5 heteroatoms. The first-order chi connectivity index (χ1) is 9.62. The van der Waals surface area contributed by atoms with E-state index in [1.807, 2.05) is 41.5 Å². The molecular weight excluding hydrogens is 270 g/mol. The van der Waals surface area contributed by atoms with Gasteiger partial charge >= 0.3 is 7.12 Å². The van der Waals surface area contributed by atoms with Gasteiger partial charge in [0.1, 0.15) is 5.82 Å². The molecule has 0 aromatic heterocycles. The number of hydrogen-bond donors (Lipinski definition) is 0. The first kappa shape index (κ1) is 16.5. The van der Waals surface area contributed by atoms with E-state index in [-0.39, 0.29) is 11.9 Å². The van der Waals surface area contributed by atoms with Gasteiger partial charge < -0.3 is 14.0 Å². The molecular formula is C16H24BFO3. The molecule has 0 unspecified atom stereocenters. The molecule has 0 radical (unpaired) electrons. The Labute approximate surface area is 126 Å². The lowest BCUT2D eigenvalue weighted by Crippen LogP contribution is -2.41. The van der Waals surface area contributed by atoms with Crippen LogP contribution in [0.1, 0.15) is 47.1 Å². The normalized spacial score (nSPS) is 20.3. The zero-order valence-corrected chi connectivity index (χ0v) is 13.7. The van der Waals surface area contributed by atoms with E-state index >= 15 is 0 Å². The summed E-state index contributed by atoms with van der Waals surface area (Å²) in [7, 11) is -0.686. The Balaban J connectivity index is 2.22. The first-order valence-electron chi connectivity index (χ1n) is 7.38. The highest BCUT2D eigenvalue weighted by molar-refractivity contribution is 6.62. The molecule has 1 aliphatic rings. The highest BCUT2D eigenvalue weighted by Crippen LogP contribution is 2.36. The SMILES string of the molecule is CC(C)OCc1ccc(F)c(B2OC(C)(C)C(C)(C)O2)c1. The van der Waals surface area contributed by atoms with Crippen LogP contribution in [0, 0.1) is 5.82 Å². The number of ether oxygens (including phenoxy) is 1. The van der Waals surface area contributed by atoms with E-state index in [1.165, 1.54) is 6.07 Å². The van der Waals surface area contributed by atoms with Gasteiger partial charge in [-0.1, -0.05) is 12.1 Å². The highest BCUT2D eigenvalue weighted by atomic mass is 19.1. The maximum absolute atomic E-state index is 14.1. The minimum atomic E-state index is -0.686. The zero-order valence-electron chi connectivity index (χ0n) is 13.7. The van der Waals surface area contributed by atoms with Crippen LogP contribution in [-0.2, 0) is 20.7 Å². The molecule has 116 valence electrons. The van der Waals surface area contributed by atoms with Crippen molar-refractivity contribution in [1.29, 1.82) is 0 Å². The molecule has 1 fully saturated rings. The van der Waals surface area contributed by atoms with E-state index in [0.29, 0.717) is 12.1 Å². The first-order valence-corrected chi connectivity index (χ1v) is 7.38. The summed E-state index contributed by atoms with van der Waals surface area (Å²) in [6.45, 7) is 12.2. The second-order valence-corrected chi connectivity index (χ2v) is 6.80. The van der Waals surface area contributed by atoms with Crippen molar-refractivity contribution in [3.05, 3.63) is 29.6 Å². The van der Waals surface area contributed by atoms with Crippen LogP contribution < -0.4 is 5.46 Å². The van der Waals surface area contributed by atoms with Crippen LogP contribution in [0.5, 0.6) is 0 Å². The van der Waals surface area contributed by atoms with Crippen molar-refractivity contribution in [3.63, 3.8) is 0 Å². The third-order valence-electron chi connectivity index (χ3n) is 4.15. The molecule has 0 saturated carbocycles. The van der Waals surface area contributed by atoms with Gasteiger partial charge in [-0.3, -0.25) is 0 Å². The Morgan fingerprint density at radius 2 is 1.71 bits per heavy atom. The van der Waals surface area contributed by atoms with E-state index < -0.39 is 18.3 Å². The van der Waals surface area contributed by atoms with Gasteiger partial charge in [0.15, 0.2) is 0 Å². The van der Waals surface area contributed by atoms with Gasteiger partial charge in [0.2, 0.25) is 0 Å². The van der Waals surface area contributed by atoms with Crippen molar-refractivity contribution in [2.75, 3.05) is 0 Å². The van der Waals surface area contributed by atoms with Gasteiger partial charge in [0, 0.05) is 5.46 Å². The maximum Gasteiger partial charge on any atom is 0.497 e. The predicted octanol–water partition coefficient (Wildman–Crippen LogP) is 3.05. The Hall–Kier alpha value is -0.905. The largest absolute Gasteiger partial charge is 0.497 e. The average molecular weight is 294 g/mol. The summed E-state index contributed by atoms with van der Waals surface area (Å²) in [5, 5.41) is 0. The van der Waals surface area contributed by atoms with Crippen LogP contribution >= 0.6 is 0 Å². The number of halogens is 1. The summed E-state index contributed by atoms with van der Waals surface area (Å²) < 4.78 is 31.5. The van der Waals surface area contributed by atoms with E-state index in [1.54, 1.807) is 12.1 Å². The van der Waals surface area contributed by atoms with Gasteiger partial charge in [0.25, 0.3) is 0 Å². The highest BCUT2D eigenvalue weighted by Gasteiger charge is 2.52. The molecule has 1 aliphatic heterocycles. The van der Waals surface area contributed by atoms with Crippen molar-refractivity contribution in [2.45, 2.75) is 65.5 Å². The maximum atomic E-state index is 14.1. The summed E-state index contributed by atoms with van der Waals surface area (Å²) in [5.74, 6) is -0.318. The molecule has 0 aliphatic carbocycles. The molecule has 1 aromatic carbocycles. The van der Waals surface area contributed by atoms with Gasteiger partial charge in [-0.05, 0) is 53.2 Å². The second kappa shape index (κ2) is 5.71. The van der Waals surface area contributed by atoms with Gasteiger partial charge in [-0.15, -0.1) is 0 Å². The molecule has 0 N–H and O–H groups in total. The quantitative estimate of drug-likeness (QED) is 0.799. The standard InChI is InChI=1S/C16H24BFO3/c1-11(2)19-10-12-7-8-14(18)13(9-12)17-20-15(3,4)16(5,6)21-17/h7-9,11H,10H2,1-6H3. The molecule has 0 bridgehead atoms. The lowest BCUT2D eigenvalue weighted by atomic mass is 9.78. The topological polar surface area (TPSA) is 27.7 Å². The lowest BCUT2D eigenvalue weighted by Gasteiger charge is -2.32. The van der Waals surface area contributed by atoms with Crippen molar-refractivity contribution in [3.8, 4) is 0 Å². The van der Waals surface area contributed by atoms with Crippen LogP contribution in [0.4, 0.5) is 4.39 Å². The van der Waals surface area contributed by atoms with Crippen LogP contribution in [-0.4, -0.2) is 24.4 Å². The van der Waals surface area contributed by atoms with Crippen molar-refractivity contribution < 1.29 is 18.4 Å². The van der Waals surface area contributed by atoms with Crippen molar-refractivity contribution in [1.82, 2.24) is 0 Å². The fraction of sp³-hybridized carbons (Fsp3) is 0.625. The number of benzene rings is 1. The Morgan fingerprint density at radius 1 is 1.14 bits per heavy atom. The molecule has 0 spiro atoms. The smallest absolute Gasteiger partial charge is 0.399 e. The molecule has 3 nitrogen and oxygen atoms in total. The fourth-order valence-corrected chi connectivity index (χ4v) is 2.10. The van der Waals surface area contributed by atoms with Gasteiger partial charge in [-0.2, -0.15) is 0 Å². The van der Waals surface area contributed by atoms with E-state index in [0.717, 1.165) is 5.56 Å². The number of rotatable bonds is 4. The third kappa shape index (κ3) is 3.47. The van der Waals surface area contributed by atoms with Crippen molar-refractivity contribution >= 4 is 12.6 Å². The average Bonchev–Trinajstić information content (AvgIpc) is 2.57. The summed E-state index contributed by atoms with van der Waals surface area (Å²) in [5.41, 5.74) is 0.386. The van der Waals surface area contributed by atoms with Crippen LogP contribution in [0.25, 0.3) is 0 Å². The Kier molecular flexibility index (Phi) is 4.48. The van der Waals surface area contributed by atoms with Crippen LogP contribution in [0.15, 0.2) is 18.2 Å². The Bertz CT molecular complexity index is 498. The monoisotopic (exact) mass is 294 g/mol. The zero-order chi connectivity index (χ0) is 15.8. The second-order valence-electron chi connectivity index (χ2n) is 6.80. The summed E-state index contributed by atoms with van der Waals surface area (Å²) in [6, 6.07) is 4.94.